The topological polar surface area (TPSA) is 92.5 Å². The summed E-state index contributed by atoms with van der Waals surface area (Å²) >= 11 is 0. The van der Waals surface area contributed by atoms with Crippen molar-refractivity contribution in [3.05, 3.63) is 36.0 Å². The van der Waals surface area contributed by atoms with Gasteiger partial charge in [0.1, 0.15) is 11.3 Å². The lowest BCUT2D eigenvalue weighted by molar-refractivity contribution is 0.0692. The first-order valence-corrected chi connectivity index (χ1v) is 5.05. The molecule has 0 atom stereocenters. The third kappa shape index (κ3) is 2.22. The number of rotatable bonds is 3. The molecule has 0 fully saturated rings. The third-order valence-electron chi connectivity index (χ3n) is 2.30. The number of phenols is 1. The first-order valence-electron chi connectivity index (χ1n) is 5.05. The normalized spacial score (nSPS) is 10.1. The monoisotopic (exact) mass is 246 g/mol. The number of carboxylic acids is 1. The fraction of sp³-hybridized carbons (Fsp3) is 0.0833. The number of carbonyl (C=O) groups is 1. The standard InChI is InChI=1S/C12H10N2O4/c1-18-11-9(12(16)17)6-13-10(14-11)7-2-4-8(15)5-3-7/h2-6,15H,1H3,(H,16,17). The molecular formula is C12H10N2O4. The lowest BCUT2D eigenvalue weighted by atomic mass is 10.2. The first-order chi connectivity index (χ1) is 8.61. The van der Waals surface area contributed by atoms with Gasteiger partial charge >= 0.3 is 5.97 Å². The Morgan fingerprint density at radius 2 is 1.94 bits per heavy atom. The van der Waals surface area contributed by atoms with Gasteiger partial charge in [0.05, 0.1) is 7.11 Å². The van der Waals surface area contributed by atoms with Crippen LogP contribution in [0.15, 0.2) is 30.5 Å². The summed E-state index contributed by atoms with van der Waals surface area (Å²) in [7, 11) is 1.34. The predicted molar refractivity (Wildman–Crippen MR) is 62.6 cm³/mol. The Labute approximate surface area is 103 Å². The Morgan fingerprint density at radius 1 is 1.28 bits per heavy atom. The largest absolute Gasteiger partial charge is 0.508 e. The van der Waals surface area contributed by atoms with Crippen LogP contribution >= 0.6 is 0 Å². The van der Waals surface area contributed by atoms with Crippen LogP contribution in [0.1, 0.15) is 10.4 Å². The van der Waals surface area contributed by atoms with Crippen LogP contribution in [-0.2, 0) is 0 Å². The van der Waals surface area contributed by atoms with Crippen LogP contribution in [0.5, 0.6) is 11.6 Å². The van der Waals surface area contributed by atoms with Crippen molar-refractivity contribution in [3.8, 4) is 23.0 Å². The van der Waals surface area contributed by atoms with Gasteiger partial charge in [-0.05, 0) is 24.3 Å². The summed E-state index contributed by atoms with van der Waals surface area (Å²) in [6.07, 6.45) is 1.19. The molecule has 0 saturated heterocycles. The summed E-state index contributed by atoms with van der Waals surface area (Å²) < 4.78 is 4.91. The van der Waals surface area contributed by atoms with E-state index in [0.29, 0.717) is 11.4 Å². The van der Waals surface area contributed by atoms with E-state index in [-0.39, 0.29) is 17.2 Å². The Hall–Kier alpha value is -2.63. The van der Waals surface area contributed by atoms with Crippen LogP contribution in [0.25, 0.3) is 11.4 Å². The molecule has 0 saturated carbocycles. The number of aromatic hydroxyl groups is 1. The Bertz CT molecular complexity index is 581. The average Bonchev–Trinajstić information content (AvgIpc) is 2.38. The minimum Gasteiger partial charge on any atom is -0.508 e. The van der Waals surface area contributed by atoms with E-state index < -0.39 is 5.97 Å². The molecule has 0 bridgehead atoms. The van der Waals surface area contributed by atoms with Crippen molar-refractivity contribution >= 4 is 5.97 Å². The van der Waals surface area contributed by atoms with Gasteiger partial charge in [-0.25, -0.2) is 9.78 Å². The molecule has 2 rings (SSSR count). The number of hydrogen-bond acceptors (Lipinski definition) is 5. The van der Waals surface area contributed by atoms with Crippen molar-refractivity contribution in [1.29, 1.82) is 0 Å². The van der Waals surface area contributed by atoms with Gasteiger partial charge in [0.25, 0.3) is 0 Å². The number of phenolic OH excluding ortho intramolecular Hbond substituents is 1. The van der Waals surface area contributed by atoms with Crippen molar-refractivity contribution in [1.82, 2.24) is 9.97 Å². The maximum Gasteiger partial charge on any atom is 0.342 e. The van der Waals surface area contributed by atoms with Crippen molar-refractivity contribution < 1.29 is 19.7 Å². The van der Waals surface area contributed by atoms with Gasteiger partial charge in [0.2, 0.25) is 5.88 Å². The number of ether oxygens (including phenoxy) is 1. The molecule has 6 heteroatoms. The van der Waals surface area contributed by atoms with Crippen LogP contribution in [0.2, 0.25) is 0 Å². The second kappa shape index (κ2) is 4.70. The minimum atomic E-state index is -1.15. The molecule has 1 aromatic carbocycles. The summed E-state index contributed by atoms with van der Waals surface area (Å²) in [6.45, 7) is 0. The average molecular weight is 246 g/mol. The fourth-order valence-electron chi connectivity index (χ4n) is 1.42. The predicted octanol–water partition coefficient (Wildman–Crippen LogP) is 1.56. The maximum absolute atomic E-state index is 10.9. The Morgan fingerprint density at radius 3 is 2.50 bits per heavy atom. The van der Waals surface area contributed by atoms with E-state index in [1.54, 1.807) is 12.1 Å². The van der Waals surface area contributed by atoms with Crippen LogP contribution in [0, 0.1) is 0 Å². The lowest BCUT2D eigenvalue weighted by Crippen LogP contribution is -2.04. The molecule has 92 valence electrons. The molecule has 0 spiro atoms. The van der Waals surface area contributed by atoms with E-state index in [0.717, 1.165) is 0 Å². The molecule has 1 heterocycles. The van der Waals surface area contributed by atoms with E-state index in [4.69, 9.17) is 9.84 Å². The molecule has 0 radical (unpaired) electrons. The molecule has 0 aliphatic rings. The fourth-order valence-corrected chi connectivity index (χ4v) is 1.42. The summed E-state index contributed by atoms with van der Waals surface area (Å²) in [6, 6.07) is 6.25. The van der Waals surface area contributed by atoms with Gasteiger partial charge in [-0.3, -0.25) is 0 Å². The highest BCUT2D eigenvalue weighted by molar-refractivity contribution is 5.90. The first kappa shape index (κ1) is 11.8. The van der Waals surface area contributed by atoms with Crippen molar-refractivity contribution in [2.45, 2.75) is 0 Å². The zero-order chi connectivity index (χ0) is 13.1. The van der Waals surface area contributed by atoms with Gasteiger partial charge in [-0.1, -0.05) is 0 Å². The molecule has 6 nitrogen and oxygen atoms in total. The van der Waals surface area contributed by atoms with Crippen molar-refractivity contribution in [3.63, 3.8) is 0 Å². The third-order valence-corrected chi connectivity index (χ3v) is 2.30. The summed E-state index contributed by atoms with van der Waals surface area (Å²) in [5.41, 5.74) is 0.558. The molecule has 2 N–H and O–H groups in total. The number of carboxylic acid groups (broad SMARTS) is 1. The quantitative estimate of drug-likeness (QED) is 0.853. The van der Waals surface area contributed by atoms with Gasteiger partial charge in [-0.15, -0.1) is 0 Å². The Kier molecular flexibility index (Phi) is 3.09. The summed E-state index contributed by atoms with van der Waals surface area (Å²) in [4.78, 5) is 18.9. The van der Waals surface area contributed by atoms with E-state index in [2.05, 4.69) is 9.97 Å². The van der Waals surface area contributed by atoms with E-state index in [1.807, 2.05) is 0 Å². The number of hydrogen-bond donors (Lipinski definition) is 2. The van der Waals surface area contributed by atoms with Crippen molar-refractivity contribution in [2.24, 2.45) is 0 Å². The molecule has 0 unspecified atom stereocenters. The van der Waals surface area contributed by atoms with Gasteiger partial charge in [0, 0.05) is 11.8 Å². The lowest BCUT2D eigenvalue weighted by Gasteiger charge is -2.06. The highest BCUT2D eigenvalue weighted by Gasteiger charge is 2.14. The number of nitrogens with zero attached hydrogens (tertiary/aromatic N) is 2. The zero-order valence-corrected chi connectivity index (χ0v) is 9.49. The maximum atomic E-state index is 10.9. The summed E-state index contributed by atoms with van der Waals surface area (Å²) in [5, 5.41) is 18.1. The van der Waals surface area contributed by atoms with Crippen LogP contribution in [0.3, 0.4) is 0 Å². The van der Waals surface area contributed by atoms with Crippen LogP contribution in [0.4, 0.5) is 0 Å². The van der Waals surface area contributed by atoms with Crippen LogP contribution in [-0.4, -0.2) is 33.3 Å². The van der Waals surface area contributed by atoms with E-state index in [9.17, 15) is 9.90 Å². The molecule has 1 aromatic heterocycles. The van der Waals surface area contributed by atoms with Gasteiger partial charge in [0.15, 0.2) is 5.82 Å². The Balaban J connectivity index is 2.47. The smallest absolute Gasteiger partial charge is 0.342 e. The van der Waals surface area contributed by atoms with Gasteiger partial charge < -0.3 is 14.9 Å². The number of methoxy groups -OCH3 is 1. The SMILES string of the molecule is COc1nc(-c2ccc(O)cc2)ncc1C(=O)O. The van der Waals surface area contributed by atoms with E-state index >= 15 is 0 Å². The zero-order valence-electron chi connectivity index (χ0n) is 9.49. The molecule has 0 aliphatic heterocycles. The molecule has 18 heavy (non-hydrogen) atoms. The second-order valence-corrected chi connectivity index (χ2v) is 3.47. The number of aromatic nitrogens is 2. The van der Waals surface area contributed by atoms with E-state index in [1.165, 1.54) is 25.4 Å². The molecular weight excluding hydrogens is 236 g/mol. The molecule has 0 amide bonds. The van der Waals surface area contributed by atoms with Crippen LogP contribution < -0.4 is 4.74 Å². The number of benzene rings is 1. The van der Waals surface area contributed by atoms with Crippen molar-refractivity contribution in [2.75, 3.05) is 7.11 Å². The molecule has 0 aliphatic carbocycles. The molecule has 2 aromatic rings. The minimum absolute atomic E-state index is 0.000532. The number of aromatic carboxylic acids is 1. The second-order valence-electron chi connectivity index (χ2n) is 3.47. The highest BCUT2D eigenvalue weighted by atomic mass is 16.5. The highest BCUT2D eigenvalue weighted by Crippen LogP contribution is 2.22. The van der Waals surface area contributed by atoms with Gasteiger partial charge in [-0.2, -0.15) is 4.98 Å². The summed E-state index contributed by atoms with van der Waals surface area (Å²) in [5.74, 6) is -0.686.